The standard InChI is InChI=1S/C17H20O2/c1-13(2)12-14-8-10-15(11-9-14)17(18)19-16-6-4-3-5-7-16/h3-8,12,15H,9-11H2,1-2H3. The zero-order chi connectivity index (χ0) is 13.7. The molecule has 1 aliphatic carbocycles. The predicted molar refractivity (Wildman–Crippen MR) is 76.9 cm³/mol. The predicted octanol–water partition coefficient (Wildman–Crippen LogP) is 4.28. The summed E-state index contributed by atoms with van der Waals surface area (Å²) in [5, 5.41) is 0. The van der Waals surface area contributed by atoms with Crippen LogP contribution in [0.25, 0.3) is 0 Å². The van der Waals surface area contributed by atoms with E-state index in [0.29, 0.717) is 5.75 Å². The number of hydrogen-bond acceptors (Lipinski definition) is 2. The Morgan fingerprint density at radius 3 is 2.58 bits per heavy atom. The van der Waals surface area contributed by atoms with Crippen LogP contribution in [0.4, 0.5) is 0 Å². The zero-order valence-electron chi connectivity index (χ0n) is 11.6. The molecule has 19 heavy (non-hydrogen) atoms. The molecule has 0 heterocycles. The van der Waals surface area contributed by atoms with Crippen LogP contribution in [-0.4, -0.2) is 5.97 Å². The summed E-state index contributed by atoms with van der Waals surface area (Å²) in [4.78, 5) is 12.0. The van der Waals surface area contributed by atoms with Gasteiger partial charge in [-0.15, -0.1) is 0 Å². The van der Waals surface area contributed by atoms with Crippen molar-refractivity contribution in [1.82, 2.24) is 0 Å². The van der Waals surface area contributed by atoms with Gasteiger partial charge in [0.2, 0.25) is 0 Å². The maximum atomic E-state index is 12.0. The lowest BCUT2D eigenvalue weighted by Gasteiger charge is -2.19. The first kappa shape index (κ1) is 13.6. The normalized spacial score (nSPS) is 18.4. The molecule has 0 saturated heterocycles. The van der Waals surface area contributed by atoms with Crippen molar-refractivity contribution in [3.63, 3.8) is 0 Å². The lowest BCUT2D eigenvalue weighted by atomic mass is 9.89. The number of carbonyl (C=O) groups excluding carboxylic acids is 1. The highest BCUT2D eigenvalue weighted by atomic mass is 16.5. The molecule has 0 amide bonds. The van der Waals surface area contributed by atoms with Gasteiger partial charge in [0.25, 0.3) is 0 Å². The van der Waals surface area contributed by atoms with Gasteiger partial charge in [0, 0.05) is 0 Å². The second-order valence-corrected chi connectivity index (χ2v) is 5.21. The topological polar surface area (TPSA) is 26.3 Å². The lowest BCUT2D eigenvalue weighted by molar-refractivity contribution is -0.139. The summed E-state index contributed by atoms with van der Waals surface area (Å²) in [6, 6.07) is 9.27. The molecule has 1 atom stereocenters. The van der Waals surface area contributed by atoms with E-state index in [0.717, 1.165) is 19.3 Å². The molecule has 1 unspecified atom stereocenters. The minimum atomic E-state index is -0.112. The van der Waals surface area contributed by atoms with Crippen LogP contribution in [0.5, 0.6) is 5.75 Å². The van der Waals surface area contributed by atoms with Crippen LogP contribution in [-0.2, 0) is 4.79 Å². The number of hydrogen-bond donors (Lipinski definition) is 0. The highest BCUT2D eigenvalue weighted by Crippen LogP contribution is 2.26. The monoisotopic (exact) mass is 256 g/mol. The first-order chi connectivity index (χ1) is 9.15. The molecule has 0 N–H and O–H groups in total. The fraction of sp³-hybridized carbons (Fsp3) is 0.353. The summed E-state index contributed by atoms with van der Waals surface area (Å²) in [6.07, 6.45) is 6.97. The van der Waals surface area contributed by atoms with Crippen molar-refractivity contribution in [3.8, 4) is 5.75 Å². The van der Waals surface area contributed by atoms with Crippen LogP contribution in [0.1, 0.15) is 33.1 Å². The van der Waals surface area contributed by atoms with Gasteiger partial charge in [0.05, 0.1) is 5.92 Å². The fourth-order valence-corrected chi connectivity index (χ4v) is 2.26. The van der Waals surface area contributed by atoms with E-state index in [1.54, 1.807) is 0 Å². The second-order valence-electron chi connectivity index (χ2n) is 5.21. The van der Waals surface area contributed by atoms with Gasteiger partial charge in [-0.05, 0) is 45.2 Å². The minimum absolute atomic E-state index is 0.00508. The van der Waals surface area contributed by atoms with E-state index in [2.05, 4.69) is 26.0 Å². The molecule has 1 aromatic carbocycles. The molecule has 0 saturated carbocycles. The number of allylic oxidation sites excluding steroid dienone is 4. The highest BCUT2D eigenvalue weighted by Gasteiger charge is 2.22. The van der Waals surface area contributed by atoms with Crippen molar-refractivity contribution in [2.75, 3.05) is 0 Å². The molecule has 0 spiro atoms. The number of esters is 1. The minimum Gasteiger partial charge on any atom is -0.426 e. The van der Waals surface area contributed by atoms with Crippen molar-refractivity contribution >= 4 is 5.97 Å². The van der Waals surface area contributed by atoms with Crippen molar-refractivity contribution in [1.29, 1.82) is 0 Å². The zero-order valence-corrected chi connectivity index (χ0v) is 11.6. The van der Waals surface area contributed by atoms with E-state index >= 15 is 0 Å². The first-order valence-electron chi connectivity index (χ1n) is 6.76. The Balaban J connectivity index is 1.93. The molecular weight excluding hydrogens is 236 g/mol. The van der Waals surface area contributed by atoms with Gasteiger partial charge in [-0.25, -0.2) is 0 Å². The van der Waals surface area contributed by atoms with Crippen LogP contribution in [0.15, 0.2) is 53.6 Å². The molecule has 2 heteroatoms. The SMILES string of the molecule is CC(C)=CC1=CCC(C(=O)Oc2ccccc2)CC1. The van der Waals surface area contributed by atoms with Gasteiger partial charge >= 0.3 is 5.97 Å². The molecule has 0 aliphatic heterocycles. The van der Waals surface area contributed by atoms with Gasteiger partial charge in [0.15, 0.2) is 0 Å². The van der Waals surface area contributed by atoms with Crippen molar-refractivity contribution in [2.45, 2.75) is 33.1 Å². The van der Waals surface area contributed by atoms with Crippen LogP contribution >= 0.6 is 0 Å². The summed E-state index contributed by atoms with van der Waals surface area (Å²) in [7, 11) is 0. The average molecular weight is 256 g/mol. The second kappa shape index (κ2) is 6.37. The Labute approximate surface area is 114 Å². The fourth-order valence-electron chi connectivity index (χ4n) is 2.26. The van der Waals surface area contributed by atoms with Gasteiger partial charge in [0.1, 0.15) is 5.75 Å². The Morgan fingerprint density at radius 2 is 2.00 bits per heavy atom. The van der Waals surface area contributed by atoms with E-state index in [-0.39, 0.29) is 11.9 Å². The highest BCUT2D eigenvalue weighted by molar-refractivity contribution is 5.75. The number of carbonyl (C=O) groups is 1. The average Bonchev–Trinajstić information content (AvgIpc) is 2.40. The maximum absolute atomic E-state index is 12.0. The summed E-state index contributed by atoms with van der Waals surface area (Å²) in [5.74, 6) is 0.514. The molecule has 100 valence electrons. The molecule has 2 nitrogen and oxygen atoms in total. The van der Waals surface area contributed by atoms with Crippen LogP contribution < -0.4 is 4.74 Å². The van der Waals surface area contributed by atoms with E-state index < -0.39 is 0 Å². The number of rotatable bonds is 3. The molecule has 0 bridgehead atoms. The molecular formula is C17H20O2. The third-order valence-electron chi connectivity index (χ3n) is 3.22. The molecule has 0 fully saturated rings. The van der Waals surface area contributed by atoms with Crippen LogP contribution in [0.2, 0.25) is 0 Å². The Hall–Kier alpha value is -1.83. The van der Waals surface area contributed by atoms with Crippen molar-refractivity contribution < 1.29 is 9.53 Å². The summed E-state index contributed by atoms with van der Waals surface area (Å²) in [5.41, 5.74) is 2.64. The van der Waals surface area contributed by atoms with Gasteiger partial charge in [-0.3, -0.25) is 4.79 Å². The van der Waals surface area contributed by atoms with Crippen molar-refractivity contribution in [2.24, 2.45) is 5.92 Å². The third-order valence-corrected chi connectivity index (χ3v) is 3.22. The lowest BCUT2D eigenvalue weighted by Crippen LogP contribution is -2.22. The van der Waals surface area contributed by atoms with E-state index in [1.807, 2.05) is 30.3 Å². The number of para-hydroxylation sites is 1. The number of ether oxygens (including phenoxy) is 1. The van der Waals surface area contributed by atoms with E-state index in [1.165, 1.54) is 11.1 Å². The molecule has 1 aromatic rings. The molecule has 0 radical (unpaired) electrons. The quantitative estimate of drug-likeness (QED) is 0.596. The van der Waals surface area contributed by atoms with Gasteiger partial charge < -0.3 is 4.74 Å². The van der Waals surface area contributed by atoms with Gasteiger partial charge in [-0.1, -0.05) is 41.5 Å². The van der Waals surface area contributed by atoms with Crippen LogP contribution in [0, 0.1) is 5.92 Å². The Morgan fingerprint density at radius 1 is 1.26 bits per heavy atom. The first-order valence-corrected chi connectivity index (χ1v) is 6.76. The molecule has 2 rings (SSSR count). The third kappa shape index (κ3) is 4.09. The summed E-state index contributed by atoms with van der Waals surface area (Å²) >= 11 is 0. The van der Waals surface area contributed by atoms with Crippen LogP contribution in [0.3, 0.4) is 0 Å². The Kier molecular flexibility index (Phi) is 4.56. The van der Waals surface area contributed by atoms with E-state index in [9.17, 15) is 4.79 Å². The summed E-state index contributed by atoms with van der Waals surface area (Å²) in [6.45, 7) is 4.19. The maximum Gasteiger partial charge on any atom is 0.314 e. The smallest absolute Gasteiger partial charge is 0.314 e. The largest absolute Gasteiger partial charge is 0.426 e. The van der Waals surface area contributed by atoms with Gasteiger partial charge in [-0.2, -0.15) is 0 Å². The summed E-state index contributed by atoms with van der Waals surface area (Å²) < 4.78 is 5.39. The molecule has 1 aliphatic rings. The van der Waals surface area contributed by atoms with E-state index in [4.69, 9.17) is 4.74 Å². The van der Waals surface area contributed by atoms with Crippen molar-refractivity contribution in [3.05, 3.63) is 53.6 Å². The Bertz CT molecular complexity index is 493. The number of benzene rings is 1. The molecule has 0 aromatic heterocycles.